The quantitative estimate of drug-likeness (QED) is 0.0481. The summed E-state index contributed by atoms with van der Waals surface area (Å²) >= 11 is 0. The van der Waals surface area contributed by atoms with Crippen molar-refractivity contribution in [2.45, 2.75) is 213 Å². The van der Waals surface area contributed by atoms with Crippen molar-refractivity contribution in [3.05, 3.63) is 23.8 Å². The molecule has 3 saturated heterocycles. The molecule has 328 valence electrons. The molecule has 57 heavy (non-hydrogen) atoms. The van der Waals surface area contributed by atoms with Crippen molar-refractivity contribution < 1.29 is 38.1 Å². The van der Waals surface area contributed by atoms with Crippen LogP contribution in [0.15, 0.2) is 23.8 Å². The Morgan fingerprint density at radius 1 is 0.930 bits per heavy atom. The van der Waals surface area contributed by atoms with Gasteiger partial charge in [0.05, 0.1) is 49.0 Å². The van der Waals surface area contributed by atoms with E-state index in [9.17, 15) is 19.5 Å². The summed E-state index contributed by atoms with van der Waals surface area (Å²) in [6.07, 6.45) is 15.4. The molecule has 0 unspecified atom stereocenters. The van der Waals surface area contributed by atoms with Crippen molar-refractivity contribution in [1.82, 2.24) is 10.6 Å². The zero-order chi connectivity index (χ0) is 42.6. The lowest BCUT2D eigenvalue weighted by Gasteiger charge is -2.48. The molecule has 0 aromatic rings. The lowest BCUT2D eigenvalue weighted by Crippen LogP contribution is -2.52. The predicted molar refractivity (Wildman–Crippen MR) is 231 cm³/mol. The number of hydrogen-bond donors (Lipinski definition) is 3. The molecule has 3 rings (SSSR count). The number of rotatable bonds is 20. The topological polar surface area (TPSA) is 132 Å². The smallest absolute Gasteiger partial charge is 0.225 e. The van der Waals surface area contributed by atoms with E-state index >= 15 is 0 Å². The van der Waals surface area contributed by atoms with Gasteiger partial charge in [0.1, 0.15) is 0 Å². The molecular weight excluding hydrogens is 737 g/mol. The molecule has 10 nitrogen and oxygen atoms in total. The molecule has 0 radical (unpaired) electrons. The predicted octanol–water partition coefficient (Wildman–Crippen LogP) is 8.96. The molecule has 11 heteroatoms. The SMILES string of the molecule is C/C=C/C(=O)C[C@H]1CC[C@@H](C)[C@H](CC(=O)NC[C@@H](O[Si](C)(C)C(C)(C)C)[C@H](C)C(=O)NCCC[C@H]2O[C@@]3(CCC[C@@H](CC[C@H](C)/C=C(\C)[C@H](C)O)O3)CC[C@@H]2C)O1. The number of aliphatic hydroxyl groups is 1. The van der Waals surface area contributed by atoms with Gasteiger partial charge in [0.15, 0.2) is 19.9 Å². The third kappa shape index (κ3) is 15.9. The first-order chi connectivity index (χ1) is 26.6. The Kier molecular flexibility index (Phi) is 19.6. The molecule has 1 spiro atoms. The van der Waals surface area contributed by atoms with Crippen molar-refractivity contribution >= 4 is 25.9 Å². The van der Waals surface area contributed by atoms with Gasteiger partial charge in [-0.25, -0.2) is 0 Å². The summed E-state index contributed by atoms with van der Waals surface area (Å²) in [5, 5.41) is 16.1. The Morgan fingerprint density at radius 2 is 1.63 bits per heavy atom. The van der Waals surface area contributed by atoms with Gasteiger partial charge in [-0.3, -0.25) is 14.4 Å². The number of hydrogen-bond acceptors (Lipinski definition) is 8. The highest BCUT2D eigenvalue weighted by Crippen LogP contribution is 2.43. The third-order valence-corrected chi connectivity index (χ3v) is 17.9. The molecule has 3 aliphatic rings. The van der Waals surface area contributed by atoms with E-state index in [-0.39, 0.29) is 65.9 Å². The Labute approximate surface area is 347 Å². The maximum atomic E-state index is 13.7. The van der Waals surface area contributed by atoms with Gasteiger partial charge in [0.25, 0.3) is 0 Å². The highest BCUT2D eigenvalue weighted by molar-refractivity contribution is 6.74. The minimum absolute atomic E-state index is 0.0432. The molecule has 3 N–H and O–H groups in total. The molecule has 0 aromatic carbocycles. The van der Waals surface area contributed by atoms with Crippen LogP contribution in [0.5, 0.6) is 0 Å². The summed E-state index contributed by atoms with van der Waals surface area (Å²) in [6.45, 7) is 25.8. The normalized spacial score (nSPS) is 29.8. The van der Waals surface area contributed by atoms with E-state index in [1.165, 1.54) is 0 Å². The van der Waals surface area contributed by atoms with Crippen molar-refractivity contribution in [2.75, 3.05) is 13.1 Å². The van der Waals surface area contributed by atoms with Gasteiger partial charge >= 0.3 is 0 Å². The maximum Gasteiger partial charge on any atom is 0.225 e. The fraction of sp³-hybridized carbons (Fsp3) is 0.848. The number of nitrogens with one attached hydrogen (secondary N) is 2. The van der Waals surface area contributed by atoms with Gasteiger partial charge in [-0.15, -0.1) is 0 Å². The zero-order valence-electron chi connectivity index (χ0n) is 37.9. The molecule has 0 saturated carbocycles. The van der Waals surface area contributed by atoms with Crippen LogP contribution in [0.4, 0.5) is 0 Å². The van der Waals surface area contributed by atoms with Crippen LogP contribution in [0.1, 0.15) is 153 Å². The number of carbonyl (C=O) groups excluding carboxylic acids is 3. The van der Waals surface area contributed by atoms with Crippen molar-refractivity contribution in [1.29, 1.82) is 0 Å². The van der Waals surface area contributed by atoms with Gasteiger partial charge in [-0.05, 0) is 126 Å². The van der Waals surface area contributed by atoms with E-state index in [0.717, 1.165) is 76.2 Å². The standard InChI is InChI=1S/C46H82N2O8Si/c1-13-16-37(50)28-39-22-20-32(3)41(53-39)29-43(51)48-30-42(56-57(11,12)45(8,9)10)35(6)44(52)47-26-15-18-40-33(4)23-25-46(55-40)24-14-17-38(54-46)21-19-31(2)27-34(5)36(7)49/h13,16,27,31-33,35-36,38-42,49H,14-15,17-26,28-30H2,1-12H3,(H,47,52)(H,48,51)/b16-13+,34-27+/t31-,32+,33-,35-,36-,38-,39+,40+,41-,42+,46-/m0/s1. The molecule has 2 amide bonds. The second-order valence-corrected chi connectivity index (χ2v) is 24.3. The zero-order valence-corrected chi connectivity index (χ0v) is 38.9. The van der Waals surface area contributed by atoms with E-state index in [4.69, 9.17) is 18.6 Å². The van der Waals surface area contributed by atoms with Crippen LogP contribution in [0.3, 0.4) is 0 Å². The van der Waals surface area contributed by atoms with Crippen LogP contribution in [-0.2, 0) is 33.0 Å². The Hall–Kier alpha value is -1.89. The van der Waals surface area contributed by atoms with Crippen LogP contribution in [0, 0.1) is 23.7 Å². The number of allylic oxidation sites excluding steroid dienone is 3. The monoisotopic (exact) mass is 819 g/mol. The maximum absolute atomic E-state index is 13.7. The van der Waals surface area contributed by atoms with E-state index in [0.29, 0.717) is 24.8 Å². The second-order valence-electron chi connectivity index (χ2n) is 19.5. The lowest BCUT2D eigenvalue weighted by molar-refractivity contribution is -0.324. The van der Waals surface area contributed by atoms with E-state index in [1.54, 1.807) is 12.2 Å². The van der Waals surface area contributed by atoms with Gasteiger partial charge in [0, 0.05) is 32.4 Å². The summed E-state index contributed by atoms with van der Waals surface area (Å²) in [4.78, 5) is 39.2. The largest absolute Gasteiger partial charge is 0.411 e. The number of aliphatic hydroxyl groups excluding tert-OH is 1. The average molecular weight is 819 g/mol. The Morgan fingerprint density at radius 3 is 2.30 bits per heavy atom. The number of ether oxygens (including phenoxy) is 3. The minimum Gasteiger partial charge on any atom is -0.411 e. The fourth-order valence-corrected chi connectivity index (χ4v) is 9.59. The summed E-state index contributed by atoms with van der Waals surface area (Å²) in [7, 11) is -2.28. The highest BCUT2D eigenvalue weighted by Gasteiger charge is 2.45. The van der Waals surface area contributed by atoms with Crippen LogP contribution >= 0.6 is 0 Å². The first-order valence-corrected chi connectivity index (χ1v) is 25.3. The number of amides is 2. The fourth-order valence-electron chi connectivity index (χ4n) is 8.19. The van der Waals surface area contributed by atoms with Gasteiger partial charge in [-0.1, -0.05) is 60.6 Å². The van der Waals surface area contributed by atoms with Crippen LogP contribution in [-0.4, -0.2) is 86.5 Å². The van der Waals surface area contributed by atoms with Gasteiger partial charge in [0.2, 0.25) is 11.8 Å². The molecule has 11 atom stereocenters. The van der Waals surface area contributed by atoms with E-state index in [1.807, 2.05) is 27.7 Å². The van der Waals surface area contributed by atoms with E-state index in [2.05, 4.69) is 71.3 Å². The Bertz CT molecular complexity index is 1340. The molecule has 0 bridgehead atoms. The average Bonchev–Trinajstić information content (AvgIpc) is 3.13. The van der Waals surface area contributed by atoms with Crippen molar-refractivity contribution in [3.63, 3.8) is 0 Å². The van der Waals surface area contributed by atoms with Crippen LogP contribution < -0.4 is 10.6 Å². The first kappa shape index (κ1) is 49.5. The molecule has 3 fully saturated rings. The van der Waals surface area contributed by atoms with Gasteiger partial charge in [-0.2, -0.15) is 0 Å². The van der Waals surface area contributed by atoms with Crippen molar-refractivity contribution in [2.24, 2.45) is 23.7 Å². The number of carbonyl (C=O) groups is 3. The van der Waals surface area contributed by atoms with Crippen LogP contribution in [0.2, 0.25) is 18.1 Å². The van der Waals surface area contributed by atoms with Gasteiger partial charge < -0.3 is 34.4 Å². The minimum atomic E-state index is -2.28. The second kappa shape index (κ2) is 22.6. The summed E-state index contributed by atoms with van der Waals surface area (Å²) in [6, 6.07) is 0. The lowest BCUT2D eigenvalue weighted by atomic mass is 9.85. The van der Waals surface area contributed by atoms with E-state index < -0.39 is 32.2 Å². The molecular formula is C46H82N2O8Si. The summed E-state index contributed by atoms with van der Waals surface area (Å²) in [5.74, 6) is -0.138. The Balaban J connectivity index is 1.53. The molecule has 0 aliphatic carbocycles. The molecule has 0 aromatic heterocycles. The summed E-state index contributed by atoms with van der Waals surface area (Å²) in [5.41, 5.74) is 1.02. The van der Waals surface area contributed by atoms with Crippen LogP contribution in [0.25, 0.3) is 0 Å². The number of ketones is 1. The van der Waals surface area contributed by atoms with Crippen molar-refractivity contribution in [3.8, 4) is 0 Å². The molecule has 3 aliphatic heterocycles. The molecule has 3 heterocycles. The third-order valence-electron chi connectivity index (χ3n) is 13.4. The highest BCUT2D eigenvalue weighted by atomic mass is 28.4. The summed E-state index contributed by atoms with van der Waals surface area (Å²) < 4.78 is 26.6. The first-order valence-electron chi connectivity index (χ1n) is 22.4.